The third-order valence-electron chi connectivity index (χ3n) is 0.302. The first-order chi connectivity index (χ1) is 3.31. The van der Waals surface area contributed by atoms with Crippen molar-refractivity contribution < 1.29 is 4.79 Å². The van der Waals surface area contributed by atoms with Crippen molar-refractivity contribution in [2.45, 2.75) is 0 Å². The summed E-state index contributed by atoms with van der Waals surface area (Å²) in [5.41, 5.74) is 3.95. The van der Waals surface area contributed by atoms with Crippen molar-refractivity contribution in [3.8, 4) is 0 Å². The van der Waals surface area contributed by atoms with Crippen molar-refractivity contribution in [1.29, 1.82) is 0 Å². The maximum Gasteiger partial charge on any atom is 0.269 e. The molecule has 0 aromatic heterocycles. The van der Waals surface area contributed by atoms with E-state index in [2.05, 4.69) is 18.1 Å². The minimum absolute atomic E-state index is 0.419. The summed E-state index contributed by atoms with van der Waals surface area (Å²) in [5, 5.41) is 0.944. The Labute approximate surface area is 46.0 Å². The Balaban J connectivity index is 3.17. The lowest BCUT2D eigenvalue weighted by molar-refractivity contribution is -0.115. The van der Waals surface area contributed by atoms with Crippen molar-refractivity contribution >= 4 is 23.5 Å². The highest BCUT2D eigenvalue weighted by Gasteiger charge is 1.85. The van der Waals surface area contributed by atoms with Gasteiger partial charge in [0.05, 0.1) is 5.37 Å². The number of carbonyl (C=O) groups is 1. The molecular weight excluding hydrogens is 114 g/mol. The average Bonchev–Trinajstić information content (AvgIpc) is 1.68. The topological polar surface area (TPSA) is 67.2 Å². The van der Waals surface area contributed by atoms with Gasteiger partial charge >= 0.3 is 0 Å². The SMILES string of the molecule is NNNC(=O)C=S. The Kier molecular flexibility index (Phi) is 3.39. The van der Waals surface area contributed by atoms with Crippen LogP contribution in [-0.4, -0.2) is 11.3 Å². The number of carbonyl (C=O) groups excluding carboxylic acids is 1. The molecule has 0 radical (unpaired) electrons. The normalized spacial score (nSPS) is 7.57. The molecule has 0 saturated heterocycles. The first-order valence-corrected chi connectivity index (χ1v) is 1.99. The molecule has 4 nitrogen and oxygen atoms in total. The maximum absolute atomic E-state index is 10.00. The lowest BCUT2D eigenvalue weighted by Gasteiger charge is -1.92. The summed E-state index contributed by atoms with van der Waals surface area (Å²) in [6, 6.07) is 0. The van der Waals surface area contributed by atoms with E-state index in [9.17, 15) is 4.79 Å². The Morgan fingerprint density at radius 2 is 2.43 bits per heavy atom. The second kappa shape index (κ2) is 3.66. The summed E-state index contributed by atoms with van der Waals surface area (Å²) in [6.45, 7) is 0. The first kappa shape index (κ1) is 6.48. The molecule has 0 rings (SSSR count). The number of thiocarbonyl (C=S) groups is 1. The van der Waals surface area contributed by atoms with Gasteiger partial charge in [0.2, 0.25) is 0 Å². The number of rotatable bonds is 2. The largest absolute Gasteiger partial charge is 0.274 e. The molecule has 4 N–H and O–H groups in total. The molecule has 7 heavy (non-hydrogen) atoms. The zero-order valence-corrected chi connectivity index (χ0v) is 4.29. The number of hydrazine groups is 2. The second-order valence-electron chi connectivity index (χ2n) is 0.751. The zero-order valence-electron chi connectivity index (χ0n) is 3.47. The van der Waals surface area contributed by atoms with Crippen LogP contribution >= 0.6 is 12.2 Å². The van der Waals surface area contributed by atoms with Gasteiger partial charge in [0, 0.05) is 0 Å². The summed E-state index contributed by atoms with van der Waals surface area (Å²) in [6.07, 6.45) is 0. The third-order valence-corrected chi connectivity index (χ3v) is 0.516. The van der Waals surface area contributed by atoms with Crippen molar-refractivity contribution in [2.24, 2.45) is 5.84 Å². The van der Waals surface area contributed by atoms with Crippen LogP contribution in [0.25, 0.3) is 0 Å². The van der Waals surface area contributed by atoms with E-state index in [1.54, 1.807) is 0 Å². The molecular formula is C2H5N3OS. The third kappa shape index (κ3) is 3.31. The minimum atomic E-state index is -0.419. The fourth-order valence-electron chi connectivity index (χ4n) is 0.101. The maximum atomic E-state index is 10.00. The molecule has 0 aliphatic heterocycles. The molecule has 0 spiro atoms. The molecule has 0 bridgehead atoms. The Hall–Kier alpha value is -0.520. The molecule has 0 aliphatic carbocycles. The van der Waals surface area contributed by atoms with Crippen LogP contribution < -0.4 is 16.8 Å². The van der Waals surface area contributed by atoms with Crippen LogP contribution in [0.1, 0.15) is 0 Å². The summed E-state index contributed by atoms with van der Waals surface area (Å²) in [4.78, 5) is 10.00. The predicted molar refractivity (Wildman–Crippen MR) is 29.1 cm³/mol. The van der Waals surface area contributed by atoms with Gasteiger partial charge in [0.1, 0.15) is 0 Å². The quantitative estimate of drug-likeness (QED) is 0.234. The zero-order chi connectivity index (χ0) is 5.70. The van der Waals surface area contributed by atoms with Crippen molar-refractivity contribution in [2.75, 3.05) is 0 Å². The molecule has 0 aliphatic rings. The molecule has 0 aromatic carbocycles. The number of amides is 1. The van der Waals surface area contributed by atoms with Crippen LogP contribution in [0.2, 0.25) is 0 Å². The lowest BCUT2D eigenvalue weighted by Crippen LogP contribution is -2.42. The van der Waals surface area contributed by atoms with Gasteiger partial charge in [0.25, 0.3) is 5.91 Å². The number of hydrogen-bond donors (Lipinski definition) is 3. The number of nitrogens with one attached hydrogen (secondary N) is 2. The monoisotopic (exact) mass is 119 g/mol. The molecule has 0 fully saturated rings. The molecule has 40 valence electrons. The van der Waals surface area contributed by atoms with Crippen LogP contribution in [0.3, 0.4) is 0 Å². The van der Waals surface area contributed by atoms with Gasteiger partial charge in [-0.3, -0.25) is 16.1 Å². The summed E-state index contributed by atoms with van der Waals surface area (Å²) in [7, 11) is 0. The smallest absolute Gasteiger partial charge is 0.269 e. The highest BCUT2D eigenvalue weighted by molar-refractivity contribution is 7.80. The molecule has 5 heteroatoms. The van der Waals surface area contributed by atoms with E-state index in [4.69, 9.17) is 0 Å². The predicted octanol–water partition coefficient (Wildman–Crippen LogP) is -1.52. The van der Waals surface area contributed by atoms with Gasteiger partial charge in [-0.15, -0.1) is 0 Å². The Morgan fingerprint density at radius 3 is 2.57 bits per heavy atom. The van der Waals surface area contributed by atoms with Crippen LogP contribution in [0.5, 0.6) is 0 Å². The fourth-order valence-corrected chi connectivity index (χ4v) is 0.160. The van der Waals surface area contributed by atoms with Gasteiger partial charge in [-0.2, -0.15) is 5.53 Å². The van der Waals surface area contributed by atoms with Crippen molar-refractivity contribution in [3.63, 3.8) is 0 Å². The van der Waals surface area contributed by atoms with E-state index in [-0.39, 0.29) is 0 Å². The Morgan fingerprint density at radius 1 is 1.86 bits per heavy atom. The van der Waals surface area contributed by atoms with Crippen LogP contribution in [0.4, 0.5) is 0 Å². The van der Waals surface area contributed by atoms with E-state index in [0.29, 0.717) is 0 Å². The second-order valence-corrected chi connectivity index (χ2v) is 0.987. The molecule has 0 saturated carbocycles. The molecule has 1 amide bonds. The number of nitrogens with two attached hydrogens (primary N) is 1. The van der Waals surface area contributed by atoms with E-state index < -0.39 is 5.91 Å². The molecule has 0 atom stereocenters. The first-order valence-electron chi connectivity index (χ1n) is 1.52. The van der Waals surface area contributed by atoms with Crippen LogP contribution in [-0.2, 0) is 4.79 Å². The van der Waals surface area contributed by atoms with E-state index in [1.807, 2.05) is 11.0 Å². The molecule has 0 unspecified atom stereocenters. The lowest BCUT2D eigenvalue weighted by atomic mass is 10.8. The number of hydrogen-bond acceptors (Lipinski definition) is 4. The highest BCUT2D eigenvalue weighted by Crippen LogP contribution is 1.49. The Bertz CT molecular complexity index is 83.0. The van der Waals surface area contributed by atoms with Gasteiger partial charge in [-0.25, -0.2) is 0 Å². The summed E-state index contributed by atoms with van der Waals surface area (Å²) < 4.78 is 0. The molecule has 0 aromatic rings. The average molecular weight is 119 g/mol. The van der Waals surface area contributed by atoms with Gasteiger partial charge in [-0.05, 0) is 0 Å². The summed E-state index contributed by atoms with van der Waals surface area (Å²) >= 11 is 4.21. The van der Waals surface area contributed by atoms with Gasteiger partial charge < -0.3 is 0 Å². The van der Waals surface area contributed by atoms with E-state index in [1.165, 1.54) is 0 Å². The standard InChI is InChI=1S/C2H5N3OS/c3-5-4-2(6)1-7/h1,5H,3H2,(H,4,6). The fraction of sp³-hybridized carbons (Fsp3) is 0. The van der Waals surface area contributed by atoms with Gasteiger partial charge in [0.15, 0.2) is 0 Å². The minimum Gasteiger partial charge on any atom is -0.274 e. The highest BCUT2D eigenvalue weighted by atomic mass is 32.1. The van der Waals surface area contributed by atoms with Gasteiger partial charge in [-0.1, -0.05) is 12.2 Å². The van der Waals surface area contributed by atoms with Crippen molar-refractivity contribution in [1.82, 2.24) is 11.0 Å². The van der Waals surface area contributed by atoms with E-state index >= 15 is 0 Å². The van der Waals surface area contributed by atoms with Crippen molar-refractivity contribution in [3.05, 3.63) is 0 Å². The molecule has 0 heterocycles. The van der Waals surface area contributed by atoms with Crippen LogP contribution in [0, 0.1) is 0 Å². The summed E-state index contributed by atoms with van der Waals surface area (Å²) in [5.74, 6) is 4.24. The van der Waals surface area contributed by atoms with Crippen LogP contribution in [0.15, 0.2) is 0 Å². The van der Waals surface area contributed by atoms with E-state index in [0.717, 1.165) is 5.37 Å².